The van der Waals surface area contributed by atoms with Gasteiger partial charge >= 0.3 is 0 Å². The molecule has 0 heterocycles. The second-order valence-corrected chi connectivity index (χ2v) is 5.70. The Kier molecular flexibility index (Phi) is 3.24. The largest absolute Gasteiger partial charge is 0.394 e. The topological polar surface area (TPSA) is 49.5 Å². The first-order valence-corrected chi connectivity index (χ1v) is 5.41. The van der Waals surface area contributed by atoms with Crippen LogP contribution in [0.25, 0.3) is 0 Å². The molecule has 1 aliphatic rings. The summed E-state index contributed by atoms with van der Waals surface area (Å²) in [7, 11) is 2.15. The molecule has 3 heteroatoms. The Morgan fingerprint density at radius 1 is 1.50 bits per heavy atom. The molecule has 2 unspecified atom stereocenters. The van der Waals surface area contributed by atoms with E-state index in [-0.39, 0.29) is 17.7 Å². The highest BCUT2D eigenvalue weighted by atomic mass is 16.3. The van der Waals surface area contributed by atoms with Gasteiger partial charge in [0.05, 0.1) is 6.61 Å². The van der Waals surface area contributed by atoms with Crippen LogP contribution in [0.15, 0.2) is 0 Å². The molecule has 0 aromatic carbocycles. The van der Waals surface area contributed by atoms with Gasteiger partial charge in [0.2, 0.25) is 0 Å². The molecule has 0 radical (unpaired) electrons. The molecule has 3 N–H and O–H groups in total. The van der Waals surface area contributed by atoms with Crippen LogP contribution in [0.3, 0.4) is 0 Å². The zero-order valence-corrected chi connectivity index (χ0v) is 9.88. The third-order valence-corrected chi connectivity index (χ3v) is 3.54. The van der Waals surface area contributed by atoms with Gasteiger partial charge in [-0.2, -0.15) is 0 Å². The molecule has 1 aliphatic carbocycles. The average molecular weight is 200 g/mol. The lowest BCUT2D eigenvalue weighted by Gasteiger charge is -2.37. The van der Waals surface area contributed by atoms with E-state index >= 15 is 0 Å². The van der Waals surface area contributed by atoms with Crippen molar-refractivity contribution in [2.75, 3.05) is 13.7 Å². The van der Waals surface area contributed by atoms with Gasteiger partial charge in [-0.05, 0) is 47.1 Å². The van der Waals surface area contributed by atoms with E-state index in [9.17, 15) is 5.11 Å². The quantitative estimate of drug-likeness (QED) is 0.698. The Bertz CT molecular complexity index is 200. The number of aliphatic hydroxyl groups is 1. The van der Waals surface area contributed by atoms with Gasteiger partial charge < -0.3 is 10.8 Å². The average Bonchev–Trinajstić information content (AvgIpc) is 2.46. The van der Waals surface area contributed by atoms with E-state index < -0.39 is 0 Å². The smallest absolute Gasteiger partial charge is 0.0611 e. The maximum Gasteiger partial charge on any atom is 0.0611 e. The molecule has 84 valence electrons. The minimum atomic E-state index is -0.329. The Morgan fingerprint density at radius 2 is 2.07 bits per heavy atom. The molecule has 0 bridgehead atoms. The highest BCUT2D eigenvalue weighted by Gasteiger charge is 2.39. The molecule has 0 amide bonds. The molecule has 0 aromatic heterocycles. The van der Waals surface area contributed by atoms with E-state index in [4.69, 9.17) is 5.73 Å². The lowest BCUT2D eigenvalue weighted by atomic mass is 9.98. The van der Waals surface area contributed by atoms with Crippen molar-refractivity contribution in [2.24, 2.45) is 5.73 Å². The van der Waals surface area contributed by atoms with Crippen LogP contribution < -0.4 is 5.73 Å². The highest BCUT2D eigenvalue weighted by Crippen LogP contribution is 2.33. The minimum Gasteiger partial charge on any atom is -0.394 e. The van der Waals surface area contributed by atoms with Crippen molar-refractivity contribution in [1.82, 2.24) is 4.90 Å². The molecule has 1 saturated carbocycles. The summed E-state index contributed by atoms with van der Waals surface area (Å²) in [6, 6.07) is 0.521. The number of hydrogen-bond donors (Lipinski definition) is 2. The number of nitrogens with two attached hydrogens (primary N) is 1. The summed E-state index contributed by atoms with van der Waals surface area (Å²) in [5.74, 6) is 0. The monoisotopic (exact) mass is 200 g/mol. The van der Waals surface area contributed by atoms with E-state index in [0.29, 0.717) is 6.04 Å². The van der Waals surface area contributed by atoms with Crippen molar-refractivity contribution >= 4 is 0 Å². The van der Waals surface area contributed by atoms with Gasteiger partial charge in [0.1, 0.15) is 0 Å². The van der Waals surface area contributed by atoms with Gasteiger partial charge in [0.15, 0.2) is 0 Å². The zero-order valence-electron chi connectivity index (χ0n) is 9.88. The first kappa shape index (κ1) is 12.0. The fraction of sp³-hybridized carbons (Fsp3) is 1.00. The Morgan fingerprint density at radius 3 is 2.43 bits per heavy atom. The van der Waals surface area contributed by atoms with Gasteiger partial charge in [-0.25, -0.2) is 0 Å². The van der Waals surface area contributed by atoms with Crippen molar-refractivity contribution < 1.29 is 5.11 Å². The molecule has 1 fully saturated rings. The lowest BCUT2D eigenvalue weighted by Crippen LogP contribution is -2.47. The molecule has 0 aliphatic heterocycles. The van der Waals surface area contributed by atoms with Gasteiger partial charge in [-0.3, -0.25) is 4.90 Å². The van der Waals surface area contributed by atoms with Crippen LogP contribution >= 0.6 is 0 Å². The van der Waals surface area contributed by atoms with Crippen LogP contribution in [0.2, 0.25) is 0 Å². The summed E-state index contributed by atoms with van der Waals surface area (Å²) in [6.07, 6.45) is 2.96. The first-order valence-electron chi connectivity index (χ1n) is 5.41. The second kappa shape index (κ2) is 3.80. The standard InChI is InChI=1S/C11H24N2O/c1-10(2,3)13(4)9-5-6-11(12,7-9)8-14/h9,14H,5-8,12H2,1-4H3. The van der Waals surface area contributed by atoms with E-state index in [1.807, 2.05) is 0 Å². The van der Waals surface area contributed by atoms with Crippen LogP contribution in [0.1, 0.15) is 40.0 Å². The molecule has 1 rings (SSSR count). The summed E-state index contributed by atoms with van der Waals surface area (Å²) < 4.78 is 0. The predicted octanol–water partition coefficient (Wildman–Crippen LogP) is 0.959. The Balaban J connectivity index is 2.58. The van der Waals surface area contributed by atoms with Gasteiger partial charge in [-0.1, -0.05) is 0 Å². The number of hydrogen-bond acceptors (Lipinski definition) is 3. The normalized spacial score (nSPS) is 34.1. The first-order chi connectivity index (χ1) is 6.28. The van der Waals surface area contributed by atoms with Gasteiger partial charge in [-0.15, -0.1) is 0 Å². The summed E-state index contributed by atoms with van der Waals surface area (Å²) >= 11 is 0. The third-order valence-electron chi connectivity index (χ3n) is 3.54. The predicted molar refractivity (Wildman–Crippen MR) is 59.2 cm³/mol. The zero-order chi connectivity index (χ0) is 11.0. The molecular formula is C11H24N2O. The van der Waals surface area contributed by atoms with Gasteiger partial charge in [0, 0.05) is 17.1 Å². The van der Waals surface area contributed by atoms with E-state index in [2.05, 4.69) is 32.7 Å². The van der Waals surface area contributed by atoms with E-state index in [1.165, 1.54) is 0 Å². The Labute approximate surface area is 87.3 Å². The Hall–Kier alpha value is -0.120. The lowest BCUT2D eigenvalue weighted by molar-refractivity contribution is 0.109. The van der Waals surface area contributed by atoms with Crippen molar-refractivity contribution in [2.45, 2.75) is 57.2 Å². The number of aliphatic hydroxyl groups excluding tert-OH is 1. The van der Waals surface area contributed by atoms with Crippen LogP contribution in [0, 0.1) is 0 Å². The van der Waals surface area contributed by atoms with Crippen molar-refractivity contribution in [3.05, 3.63) is 0 Å². The maximum absolute atomic E-state index is 9.18. The second-order valence-electron chi connectivity index (χ2n) is 5.70. The SMILES string of the molecule is CN(C1CCC(N)(CO)C1)C(C)(C)C. The molecule has 2 atom stereocenters. The maximum atomic E-state index is 9.18. The van der Waals surface area contributed by atoms with Crippen molar-refractivity contribution in [3.8, 4) is 0 Å². The van der Waals surface area contributed by atoms with Gasteiger partial charge in [0.25, 0.3) is 0 Å². The minimum absolute atomic E-state index is 0.113. The number of nitrogens with zero attached hydrogens (tertiary/aromatic N) is 1. The van der Waals surface area contributed by atoms with Crippen molar-refractivity contribution in [3.63, 3.8) is 0 Å². The van der Waals surface area contributed by atoms with E-state index in [1.54, 1.807) is 0 Å². The fourth-order valence-electron chi connectivity index (χ4n) is 2.15. The van der Waals surface area contributed by atoms with Crippen LogP contribution in [0.5, 0.6) is 0 Å². The van der Waals surface area contributed by atoms with Crippen LogP contribution in [-0.4, -0.2) is 40.8 Å². The van der Waals surface area contributed by atoms with Crippen LogP contribution in [0.4, 0.5) is 0 Å². The molecular weight excluding hydrogens is 176 g/mol. The summed E-state index contributed by atoms with van der Waals surface area (Å²) in [5, 5.41) is 9.18. The highest BCUT2D eigenvalue weighted by molar-refractivity contribution is 4.98. The third kappa shape index (κ3) is 2.47. The molecule has 0 spiro atoms. The molecule has 14 heavy (non-hydrogen) atoms. The van der Waals surface area contributed by atoms with E-state index in [0.717, 1.165) is 19.3 Å². The molecule has 3 nitrogen and oxygen atoms in total. The van der Waals surface area contributed by atoms with Crippen LogP contribution in [-0.2, 0) is 0 Å². The molecule has 0 saturated heterocycles. The fourth-order valence-corrected chi connectivity index (χ4v) is 2.15. The molecule has 0 aromatic rings. The number of rotatable bonds is 2. The summed E-state index contributed by atoms with van der Waals surface area (Å²) in [5.41, 5.74) is 5.91. The summed E-state index contributed by atoms with van der Waals surface area (Å²) in [6.45, 7) is 6.74. The summed E-state index contributed by atoms with van der Waals surface area (Å²) in [4.78, 5) is 2.37. The van der Waals surface area contributed by atoms with Crippen molar-refractivity contribution in [1.29, 1.82) is 0 Å².